The summed E-state index contributed by atoms with van der Waals surface area (Å²) in [4.78, 5) is 55.4. The van der Waals surface area contributed by atoms with Crippen LogP contribution in [0.4, 0.5) is 0 Å². The maximum absolute atomic E-state index is 13.8. The topological polar surface area (TPSA) is 199 Å². The smallest absolute Gasteiger partial charge is 0.292 e. The van der Waals surface area contributed by atoms with Crippen LogP contribution in [0.25, 0.3) is 0 Å². The number of nitrogens with zero attached hydrogens (tertiary/aromatic N) is 4. The van der Waals surface area contributed by atoms with Gasteiger partial charge in [-0.25, -0.2) is 0 Å². The van der Waals surface area contributed by atoms with Crippen molar-refractivity contribution in [2.24, 2.45) is 0 Å². The van der Waals surface area contributed by atoms with Crippen LogP contribution in [-0.2, 0) is 119 Å². The molecule has 0 atom stereocenters. The van der Waals surface area contributed by atoms with Gasteiger partial charge >= 0.3 is 0 Å². The molecule has 20 nitrogen and oxygen atoms in total. The molecule has 4 heterocycles. The Morgan fingerprint density at radius 3 is 0.594 bits per heavy atom. The van der Waals surface area contributed by atoms with Gasteiger partial charge in [0.05, 0.1) is 52.9 Å². The number of aromatic nitrogens is 4. The van der Waals surface area contributed by atoms with Crippen molar-refractivity contribution < 1.29 is 56.8 Å². The van der Waals surface area contributed by atoms with Gasteiger partial charge in [-0.1, -0.05) is 253 Å². The predicted octanol–water partition coefficient (Wildman–Crippen LogP) is 18.9. The highest BCUT2D eigenvalue weighted by Crippen LogP contribution is 2.45. The lowest BCUT2D eigenvalue weighted by atomic mass is 9.79. The molecule has 0 N–H and O–H groups in total. The van der Waals surface area contributed by atoms with Gasteiger partial charge in [0.25, 0.3) is 22.2 Å². The zero-order valence-corrected chi connectivity index (χ0v) is 76.4. The fraction of sp³-hybridized carbons (Fsp3) is 0.370. The van der Waals surface area contributed by atoms with E-state index in [2.05, 4.69) is 132 Å². The molecule has 672 valence electrons. The molecule has 0 fully saturated rings. The molecule has 0 spiro atoms. The van der Waals surface area contributed by atoms with Gasteiger partial charge in [0, 0.05) is 76.6 Å². The van der Waals surface area contributed by atoms with Crippen LogP contribution in [-0.4, -0.2) is 97.6 Å². The molecular formula is C108H124N4O16. The first kappa shape index (κ1) is 93.4. The summed E-state index contributed by atoms with van der Waals surface area (Å²) in [5.74, 6) is 3.82. The molecule has 20 heteroatoms. The van der Waals surface area contributed by atoms with Gasteiger partial charge < -0.3 is 75.1 Å². The first-order valence-corrected chi connectivity index (χ1v) is 44.6. The average molecular weight is 1730 g/mol. The predicted molar refractivity (Wildman–Crippen MR) is 503 cm³/mol. The van der Waals surface area contributed by atoms with Crippen molar-refractivity contribution in [3.63, 3.8) is 0 Å². The standard InChI is InChI=1S/C108H124N4O16/c1-105(2,3)89-65-81-61-83-67-90(106(4,5)6)69-85(98(83)122-58-54-118-50-46-110-42-26-38-94(102(110)114)126-74-78-31-19-14-20-32-78)63-87-71-92(108(10,11)12)72-88(100(87)124-60-56-120-52-48-112-44-28-40-96(104(112)116)128-76-80-35-23-16-24-36-80)64-86-70-91(107(7,8)9)68-84(99(86)123-59-55-119-51-47-111-43-27-39-95(103(111)115)127-75-79-33-21-15-22-34-79)62-82(66-89)97(81)121-57-53-117-49-45-109-41-25-37-93(101(109)113)125-73-77-29-17-13-18-30-77/h13-44,65-72H,45-64,73-76H2,1-12H3. The van der Waals surface area contributed by atoms with Crippen molar-refractivity contribution in [1.29, 1.82) is 0 Å². The van der Waals surface area contributed by atoms with Crippen LogP contribution in [0.15, 0.2) is 262 Å². The Kier molecular flexibility index (Phi) is 32.1. The molecule has 0 aliphatic heterocycles. The summed E-state index contributed by atoms with van der Waals surface area (Å²) in [7, 11) is 0. The number of rotatable bonds is 40. The molecular weight excluding hydrogens is 1610 g/mol. The van der Waals surface area contributed by atoms with Crippen LogP contribution in [0.5, 0.6) is 46.0 Å². The van der Waals surface area contributed by atoms with E-state index >= 15 is 0 Å². The summed E-state index contributed by atoms with van der Waals surface area (Å²) in [6, 6.07) is 71.5. The summed E-state index contributed by atoms with van der Waals surface area (Å²) in [5.41, 5.74) is 13.3. The SMILES string of the molecule is CC(C)(C)c1cc2c(OCCOCCn3cccc(OCc4ccccc4)c3=O)c(c1)Cc1cc(C(C)(C)C)cc(c1OCCOCCn1cccc(OCc3ccccc3)c1=O)Cc1cc(C(C)(C)C)cc(c1OCCOCCn1cccc(OCc3ccccc3)c1=O)Cc1cc(C(C)(C)C)cc(c1OCCOCCn1cccc(OCc3ccccc3)c1=O)C2. The van der Waals surface area contributed by atoms with E-state index in [1.54, 1.807) is 67.3 Å². The molecule has 0 radical (unpaired) electrons. The lowest BCUT2D eigenvalue weighted by Gasteiger charge is -2.29. The van der Waals surface area contributed by atoms with Crippen LogP contribution < -0.4 is 60.1 Å². The largest absolute Gasteiger partial charge is 0.491 e. The third-order valence-electron chi connectivity index (χ3n) is 22.7. The summed E-state index contributed by atoms with van der Waals surface area (Å²) in [6.07, 6.45) is 8.47. The highest BCUT2D eigenvalue weighted by atomic mass is 16.5. The van der Waals surface area contributed by atoms with Crippen LogP contribution in [0.2, 0.25) is 0 Å². The number of benzene rings is 8. The van der Waals surface area contributed by atoms with E-state index in [0.717, 1.165) is 89.0 Å². The van der Waals surface area contributed by atoms with Gasteiger partial charge in [-0.15, -0.1) is 0 Å². The van der Waals surface area contributed by atoms with E-state index in [0.29, 0.717) is 48.7 Å². The van der Waals surface area contributed by atoms with Crippen molar-refractivity contribution in [1.82, 2.24) is 18.3 Å². The molecule has 4 aromatic heterocycles. The lowest BCUT2D eigenvalue weighted by molar-refractivity contribution is 0.0923. The van der Waals surface area contributed by atoms with Crippen molar-refractivity contribution >= 4 is 0 Å². The number of pyridine rings is 4. The second kappa shape index (κ2) is 44.0. The number of fused-ring (bicyclic) bond motifs is 8. The second-order valence-electron chi connectivity index (χ2n) is 36.6. The Morgan fingerprint density at radius 2 is 0.414 bits per heavy atom. The zero-order valence-electron chi connectivity index (χ0n) is 76.4. The molecule has 0 unspecified atom stereocenters. The number of hydrogen-bond donors (Lipinski definition) is 0. The van der Waals surface area contributed by atoms with Crippen LogP contribution in [0.3, 0.4) is 0 Å². The number of ether oxygens (including phenoxy) is 12. The molecule has 1 aliphatic carbocycles. The minimum atomic E-state index is -0.361. The van der Waals surface area contributed by atoms with Gasteiger partial charge in [-0.3, -0.25) is 19.2 Å². The molecule has 1 aliphatic rings. The van der Waals surface area contributed by atoms with Gasteiger partial charge in [0.15, 0.2) is 23.0 Å². The Hall–Kier alpha value is -12.2. The van der Waals surface area contributed by atoms with E-state index in [9.17, 15) is 19.2 Å². The molecule has 0 saturated carbocycles. The van der Waals surface area contributed by atoms with Crippen molar-refractivity contribution in [3.05, 3.63) is 374 Å². The Labute approximate surface area is 752 Å². The van der Waals surface area contributed by atoms with Crippen molar-refractivity contribution in [3.8, 4) is 46.0 Å². The van der Waals surface area contributed by atoms with E-state index < -0.39 is 0 Å². The molecule has 0 amide bonds. The van der Waals surface area contributed by atoms with Crippen LogP contribution in [0.1, 0.15) is 172 Å². The fourth-order valence-corrected chi connectivity index (χ4v) is 15.4. The molecule has 8 aromatic carbocycles. The minimum Gasteiger partial charge on any atom is -0.491 e. The van der Waals surface area contributed by atoms with E-state index in [-0.39, 0.29) is 199 Å². The van der Waals surface area contributed by atoms with Gasteiger partial charge in [-0.05, 0) is 159 Å². The summed E-state index contributed by atoms with van der Waals surface area (Å²) >= 11 is 0. The van der Waals surface area contributed by atoms with Gasteiger partial charge in [-0.2, -0.15) is 0 Å². The molecule has 128 heavy (non-hydrogen) atoms. The average Bonchev–Trinajstić information content (AvgIpc) is 0.758. The highest BCUT2D eigenvalue weighted by molar-refractivity contribution is 5.60. The van der Waals surface area contributed by atoms with Gasteiger partial charge in [0.1, 0.15) is 75.9 Å². The Morgan fingerprint density at radius 1 is 0.227 bits per heavy atom. The lowest BCUT2D eigenvalue weighted by Crippen LogP contribution is -2.24. The van der Waals surface area contributed by atoms with Crippen molar-refractivity contribution in [2.75, 3.05) is 79.3 Å². The Bertz CT molecular complexity index is 5080. The first-order chi connectivity index (χ1) is 61.7. The maximum atomic E-state index is 13.8. The minimum absolute atomic E-state index is 0.164. The number of hydrogen-bond acceptors (Lipinski definition) is 16. The molecule has 12 aromatic rings. The summed E-state index contributed by atoms with van der Waals surface area (Å²) in [5, 5.41) is 0. The van der Waals surface area contributed by atoms with E-state index in [1.807, 2.05) is 146 Å². The quantitative estimate of drug-likeness (QED) is 0.0328. The summed E-state index contributed by atoms with van der Waals surface area (Å²) in [6.45, 7) is 31.4. The monoisotopic (exact) mass is 1730 g/mol. The zero-order chi connectivity index (χ0) is 90.2. The van der Waals surface area contributed by atoms with Crippen LogP contribution >= 0.6 is 0 Å². The molecule has 8 bridgehead atoms. The van der Waals surface area contributed by atoms with Gasteiger partial charge in [0.2, 0.25) is 0 Å². The Balaban J connectivity index is 0.878. The molecule has 0 saturated heterocycles. The van der Waals surface area contributed by atoms with E-state index in [4.69, 9.17) is 56.8 Å². The van der Waals surface area contributed by atoms with E-state index in [1.165, 1.54) is 0 Å². The molecule has 13 rings (SSSR count). The first-order valence-electron chi connectivity index (χ1n) is 44.6. The summed E-state index contributed by atoms with van der Waals surface area (Å²) < 4.78 is 85.8. The van der Waals surface area contributed by atoms with Crippen molar-refractivity contribution in [2.45, 2.75) is 183 Å². The third kappa shape index (κ3) is 26.0. The second-order valence-corrected chi connectivity index (χ2v) is 36.6. The highest BCUT2D eigenvalue weighted by Gasteiger charge is 2.31. The van der Waals surface area contributed by atoms with Crippen LogP contribution in [0, 0.1) is 0 Å². The maximum Gasteiger partial charge on any atom is 0.292 e. The fourth-order valence-electron chi connectivity index (χ4n) is 15.4. The normalized spacial score (nSPS) is 12.3. The third-order valence-corrected chi connectivity index (χ3v) is 22.7.